The molecule has 0 aliphatic heterocycles. The molecular formula is C13H7BrClFN2S. The second kappa shape index (κ2) is 4.74. The summed E-state index contributed by atoms with van der Waals surface area (Å²) in [6.07, 6.45) is 0. The highest BCUT2D eigenvalue weighted by Gasteiger charge is 2.09. The first-order valence-electron chi connectivity index (χ1n) is 5.42. The number of aromatic amines is 1. The van der Waals surface area contributed by atoms with Gasteiger partial charge in [0.25, 0.3) is 0 Å². The molecule has 19 heavy (non-hydrogen) atoms. The van der Waals surface area contributed by atoms with Gasteiger partial charge in [-0.3, -0.25) is 4.57 Å². The number of benzene rings is 2. The molecular weight excluding hydrogens is 351 g/mol. The third kappa shape index (κ3) is 2.22. The molecule has 96 valence electrons. The zero-order valence-corrected chi connectivity index (χ0v) is 12.6. The van der Waals surface area contributed by atoms with E-state index < -0.39 is 5.82 Å². The number of halogens is 3. The molecule has 0 amide bonds. The van der Waals surface area contributed by atoms with Gasteiger partial charge in [0.1, 0.15) is 5.82 Å². The van der Waals surface area contributed by atoms with Crippen LogP contribution in [0.2, 0.25) is 5.02 Å². The van der Waals surface area contributed by atoms with Crippen LogP contribution in [0.1, 0.15) is 0 Å². The molecule has 0 aliphatic rings. The Morgan fingerprint density at radius 1 is 1.21 bits per heavy atom. The summed E-state index contributed by atoms with van der Waals surface area (Å²) in [5, 5.41) is 0.0938. The van der Waals surface area contributed by atoms with Crippen molar-refractivity contribution in [3.8, 4) is 5.69 Å². The lowest BCUT2D eigenvalue weighted by Gasteiger charge is -2.05. The van der Waals surface area contributed by atoms with Gasteiger partial charge in [-0.1, -0.05) is 27.5 Å². The SMILES string of the molecule is Fc1cc(-n2c(=S)[nH]c3ccc(Br)cc32)ccc1Cl. The standard InChI is InChI=1S/C13H7BrClFN2S/c14-7-1-4-11-12(5-7)18(13(19)17-11)8-2-3-9(15)10(16)6-8/h1-6H,(H,17,19). The first-order chi connectivity index (χ1) is 9.06. The molecule has 6 heteroatoms. The summed E-state index contributed by atoms with van der Waals surface area (Å²) in [6, 6.07) is 10.4. The molecule has 0 saturated carbocycles. The average Bonchev–Trinajstić information content (AvgIpc) is 2.68. The van der Waals surface area contributed by atoms with E-state index in [9.17, 15) is 4.39 Å². The molecule has 0 spiro atoms. The third-order valence-corrected chi connectivity index (χ3v) is 3.89. The van der Waals surface area contributed by atoms with Crippen LogP contribution in [0.5, 0.6) is 0 Å². The Morgan fingerprint density at radius 3 is 2.74 bits per heavy atom. The molecule has 1 heterocycles. The monoisotopic (exact) mass is 356 g/mol. The van der Waals surface area contributed by atoms with Gasteiger partial charge in [-0.2, -0.15) is 0 Å². The van der Waals surface area contributed by atoms with Crippen molar-refractivity contribution in [3.63, 3.8) is 0 Å². The number of hydrogen-bond donors (Lipinski definition) is 1. The molecule has 0 radical (unpaired) electrons. The summed E-state index contributed by atoms with van der Waals surface area (Å²) in [4.78, 5) is 3.09. The lowest BCUT2D eigenvalue weighted by Crippen LogP contribution is -1.95. The molecule has 0 atom stereocenters. The lowest BCUT2D eigenvalue weighted by atomic mass is 10.2. The molecule has 3 aromatic rings. The zero-order valence-electron chi connectivity index (χ0n) is 9.45. The summed E-state index contributed by atoms with van der Waals surface area (Å²) in [5.41, 5.74) is 2.40. The number of H-pyrrole nitrogens is 1. The van der Waals surface area contributed by atoms with Crippen LogP contribution in [0, 0.1) is 10.6 Å². The maximum absolute atomic E-state index is 13.6. The minimum Gasteiger partial charge on any atom is -0.330 e. The van der Waals surface area contributed by atoms with Crippen molar-refractivity contribution in [2.75, 3.05) is 0 Å². The fourth-order valence-corrected chi connectivity index (χ4v) is 2.74. The smallest absolute Gasteiger partial charge is 0.182 e. The summed E-state index contributed by atoms with van der Waals surface area (Å²) in [7, 11) is 0. The van der Waals surface area contributed by atoms with Crippen LogP contribution in [0.15, 0.2) is 40.9 Å². The van der Waals surface area contributed by atoms with Crippen molar-refractivity contribution in [3.05, 3.63) is 56.5 Å². The molecule has 3 rings (SSSR count). The number of rotatable bonds is 1. The van der Waals surface area contributed by atoms with Crippen LogP contribution in [-0.4, -0.2) is 9.55 Å². The van der Waals surface area contributed by atoms with Gasteiger partial charge in [-0.15, -0.1) is 0 Å². The van der Waals surface area contributed by atoms with Gasteiger partial charge in [0.2, 0.25) is 0 Å². The predicted molar refractivity (Wildman–Crippen MR) is 81.1 cm³/mol. The number of imidazole rings is 1. The van der Waals surface area contributed by atoms with Gasteiger partial charge >= 0.3 is 0 Å². The van der Waals surface area contributed by atoms with Crippen molar-refractivity contribution in [2.24, 2.45) is 0 Å². The highest BCUT2D eigenvalue weighted by Crippen LogP contribution is 2.25. The average molecular weight is 358 g/mol. The summed E-state index contributed by atoms with van der Waals surface area (Å²) < 4.78 is 16.8. The Labute approximate surface area is 127 Å². The molecule has 1 N–H and O–H groups in total. The van der Waals surface area contributed by atoms with Gasteiger partial charge in [0.15, 0.2) is 4.77 Å². The fourth-order valence-electron chi connectivity index (χ4n) is 1.96. The molecule has 0 unspecified atom stereocenters. The number of nitrogens with one attached hydrogen (secondary N) is 1. The molecule has 0 aliphatic carbocycles. The van der Waals surface area contributed by atoms with Crippen LogP contribution in [0.25, 0.3) is 16.7 Å². The first kappa shape index (κ1) is 12.8. The highest BCUT2D eigenvalue weighted by atomic mass is 79.9. The van der Waals surface area contributed by atoms with Crippen LogP contribution in [0.3, 0.4) is 0 Å². The van der Waals surface area contributed by atoms with Crippen molar-refractivity contribution in [1.82, 2.24) is 9.55 Å². The molecule has 1 aromatic heterocycles. The first-order valence-corrected chi connectivity index (χ1v) is 7.00. The second-order valence-electron chi connectivity index (χ2n) is 4.03. The van der Waals surface area contributed by atoms with Gasteiger partial charge < -0.3 is 4.98 Å². The number of aromatic nitrogens is 2. The van der Waals surface area contributed by atoms with E-state index in [1.54, 1.807) is 10.6 Å². The van der Waals surface area contributed by atoms with Crippen molar-refractivity contribution < 1.29 is 4.39 Å². The number of fused-ring (bicyclic) bond motifs is 1. The Hall–Kier alpha value is -1.17. The third-order valence-electron chi connectivity index (χ3n) is 2.81. The van der Waals surface area contributed by atoms with Gasteiger partial charge in [0.05, 0.1) is 21.7 Å². The van der Waals surface area contributed by atoms with E-state index in [4.69, 9.17) is 23.8 Å². The maximum atomic E-state index is 13.6. The van der Waals surface area contributed by atoms with E-state index in [0.717, 1.165) is 15.5 Å². The van der Waals surface area contributed by atoms with Gasteiger partial charge in [0, 0.05) is 4.47 Å². The number of hydrogen-bond acceptors (Lipinski definition) is 1. The minimum atomic E-state index is -0.467. The quantitative estimate of drug-likeness (QED) is 0.590. The van der Waals surface area contributed by atoms with Gasteiger partial charge in [-0.25, -0.2) is 4.39 Å². The van der Waals surface area contributed by atoms with E-state index in [1.165, 1.54) is 12.1 Å². The van der Waals surface area contributed by atoms with Crippen LogP contribution in [0.4, 0.5) is 4.39 Å². The van der Waals surface area contributed by atoms with E-state index in [-0.39, 0.29) is 5.02 Å². The maximum Gasteiger partial charge on any atom is 0.182 e. The van der Waals surface area contributed by atoms with Gasteiger partial charge in [-0.05, 0) is 48.6 Å². The Bertz CT molecular complexity index is 840. The van der Waals surface area contributed by atoms with E-state index in [0.29, 0.717) is 10.5 Å². The molecule has 0 bridgehead atoms. The Morgan fingerprint density at radius 2 is 2.00 bits per heavy atom. The van der Waals surface area contributed by atoms with Crippen LogP contribution in [-0.2, 0) is 0 Å². The molecule has 0 fully saturated rings. The Balaban J connectivity index is 2.35. The molecule has 2 aromatic carbocycles. The van der Waals surface area contributed by atoms with E-state index >= 15 is 0 Å². The minimum absolute atomic E-state index is 0.0938. The summed E-state index contributed by atoms with van der Waals surface area (Å²) >= 11 is 14.4. The van der Waals surface area contributed by atoms with Crippen LogP contribution >= 0.6 is 39.7 Å². The van der Waals surface area contributed by atoms with Crippen molar-refractivity contribution in [2.45, 2.75) is 0 Å². The number of nitrogens with zero attached hydrogens (tertiary/aromatic N) is 1. The van der Waals surface area contributed by atoms with Crippen LogP contribution < -0.4 is 0 Å². The molecule has 2 nitrogen and oxygen atoms in total. The van der Waals surface area contributed by atoms with E-state index in [2.05, 4.69) is 20.9 Å². The summed E-state index contributed by atoms with van der Waals surface area (Å²) in [5.74, 6) is -0.467. The normalized spacial score (nSPS) is 11.1. The fraction of sp³-hybridized carbons (Fsp3) is 0. The highest BCUT2D eigenvalue weighted by molar-refractivity contribution is 9.10. The predicted octanol–water partition coefficient (Wildman–Crippen LogP) is 5.24. The Kier molecular flexibility index (Phi) is 3.20. The van der Waals surface area contributed by atoms with Crippen molar-refractivity contribution in [1.29, 1.82) is 0 Å². The van der Waals surface area contributed by atoms with E-state index in [1.807, 2.05) is 18.2 Å². The largest absolute Gasteiger partial charge is 0.330 e. The zero-order chi connectivity index (χ0) is 13.6. The van der Waals surface area contributed by atoms with Crippen molar-refractivity contribution >= 4 is 50.8 Å². The lowest BCUT2D eigenvalue weighted by molar-refractivity contribution is 0.627. The topological polar surface area (TPSA) is 20.7 Å². The second-order valence-corrected chi connectivity index (χ2v) is 5.74. The molecule has 0 saturated heterocycles. The summed E-state index contributed by atoms with van der Waals surface area (Å²) in [6.45, 7) is 0.